The highest BCUT2D eigenvalue weighted by Crippen LogP contribution is 2.39. The van der Waals surface area contributed by atoms with Gasteiger partial charge in [0.2, 0.25) is 0 Å². The molecule has 7 nitrogen and oxygen atoms in total. The Hall–Kier alpha value is -7.25. The molecular formula is C45H32N6O. The summed E-state index contributed by atoms with van der Waals surface area (Å²) in [5, 5.41) is 6.35. The van der Waals surface area contributed by atoms with Gasteiger partial charge >= 0.3 is 6.03 Å². The Labute approximate surface area is 301 Å². The van der Waals surface area contributed by atoms with Gasteiger partial charge in [0, 0.05) is 33.4 Å². The zero-order valence-electron chi connectivity index (χ0n) is 28.0. The van der Waals surface area contributed by atoms with Gasteiger partial charge in [0.05, 0.1) is 34.2 Å². The van der Waals surface area contributed by atoms with E-state index in [1.54, 1.807) is 0 Å². The van der Waals surface area contributed by atoms with Gasteiger partial charge in [-0.05, 0) is 0 Å². The molecule has 248 valence electrons. The van der Waals surface area contributed by atoms with Gasteiger partial charge in [-0.1, -0.05) is 182 Å². The van der Waals surface area contributed by atoms with E-state index in [2.05, 4.69) is 10.6 Å². The lowest BCUT2D eigenvalue weighted by Gasteiger charge is -2.20. The molecule has 0 bridgehead atoms. The zero-order valence-corrected chi connectivity index (χ0v) is 28.0. The number of rotatable bonds is 8. The summed E-state index contributed by atoms with van der Waals surface area (Å²) in [6.07, 6.45) is 0. The summed E-state index contributed by atoms with van der Waals surface area (Å²) in [6, 6.07) is 58.5. The number of carbonyl (C=O) groups excluding carboxylic acids is 1. The van der Waals surface area contributed by atoms with Crippen LogP contribution < -0.4 is 10.6 Å². The number of hydrogen-bond donors (Lipinski definition) is 2. The largest absolute Gasteiger partial charge is 0.323 e. The first-order valence-electron chi connectivity index (χ1n) is 17.0. The zero-order chi connectivity index (χ0) is 35.1. The quantitative estimate of drug-likeness (QED) is 0.168. The van der Waals surface area contributed by atoms with Crippen LogP contribution in [0.2, 0.25) is 0 Å². The summed E-state index contributed by atoms with van der Waals surface area (Å²) >= 11 is 0. The fourth-order valence-corrected chi connectivity index (χ4v) is 6.07. The predicted molar refractivity (Wildman–Crippen MR) is 209 cm³/mol. The van der Waals surface area contributed by atoms with E-state index in [1.807, 2.05) is 182 Å². The summed E-state index contributed by atoms with van der Waals surface area (Å²) in [6.45, 7) is 0. The minimum atomic E-state index is -0.490. The lowest BCUT2D eigenvalue weighted by Crippen LogP contribution is -2.23. The number of aromatic nitrogens is 4. The fraction of sp³-hybridized carbons (Fsp3) is 0. The van der Waals surface area contributed by atoms with Gasteiger partial charge in [0.15, 0.2) is 11.6 Å². The van der Waals surface area contributed by atoms with Gasteiger partial charge in [-0.2, -0.15) is 0 Å². The van der Waals surface area contributed by atoms with Crippen LogP contribution in [0.3, 0.4) is 0 Å². The maximum Gasteiger partial charge on any atom is 0.323 e. The van der Waals surface area contributed by atoms with E-state index >= 15 is 0 Å². The van der Waals surface area contributed by atoms with Crippen LogP contribution in [0.5, 0.6) is 0 Å². The molecule has 6 aromatic carbocycles. The highest BCUT2D eigenvalue weighted by Gasteiger charge is 2.24. The van der Waals surface area contributed by atoms with E-state index in [0.717, 1.165) is 33.4 Å². The predicted octanol–water partition coefficient (Wildman–Crippen LogP) is 10.9. The molecule has 52 heavy (non-hydrogen) atoms. The minimum absolute atomic E-state index is 0.471. The van der Waals surface area contributed by atoms with Gasteiger partial charge in [-0.3, -0.25) is 0 Å². The number of hydrogen-bond acceptors (Lipinski definition) is 5. The molecule has 0 atom stereocenters. The van der Waals surface area contributed by atoms with Crippen molar-refractivity contribution in [3.8, 4) is 67.8 Å². The summed E-state index contributed by atoms with van der Waals surface area (Å²) in [5.74, 6) is 1.10. The first kappa shape index (κ1) is 32.0. The third-order valence-corrected chi connectivity index (χ3v) is 8.55. The number of nitrogens with one attached hydrogen (secondary N) is 2. The van der Waals surface area contributed by atoms with Crippen LogP contribution >= 0.6 is 0 Å². The number of anilines is 2. The van der Waals surface area contributed by atoms with Gasteiger partial charge in [-0.25, -0.2) is 24.7 Å². The number of carbonyl (C=O) groups is 1. The molecule has 2 N–H and O–H groups in total. The van der Waals surface area contributed by atoms with Crippen molar-refractivity contribution in [1.29, 1.82) is 0 Å². The summed E-state index contributed by atoms with van der Waals surface area (Å²) in [5.41, 5.74) is 8.36. The van der Waals surface area contributed by atoms with Crippen molar-refractivity contribution >= 4 is 17.4 Å². The average Bonchev–Trinajstić information content (AvgIpc) is 3.23. The summed E-state index contributed by atoms with van der Waals surface area (Å²) < 4.78 is 0. The highest BCUT2D eigenvalue weighted by atomic mass is 16.2. The third kappa shape index (κ3) is 6.79. The molecule has 0 fully saturated rings. The molecule has 0 aliphatic carbocycles. The standard InChI is InChI=1S/C45H32N6O/c52-45(50-41-37(31-19-7-1-8-20-31)46-43(35-27-15-5-16-28-35)47-38(41)32-21-9-2-10-22-32)51-42-39(33-23-11-3-12-24-33)48-44(36-29-17-6-18-30-36)49-40(42)34-25-13-4-14-26-34/h1-30H,(H2,50,51,52). The van der Waals surface area contributed by atoms with Crippen LogP contribution in [0.15, 0.2) is 182 Å². The SMILES string of the molecule is O=C(Nc1c(-c2ccccc2)nc(-c2ccccc2)nc1-c1ccccc1)Nc1c(-c2ccccc2)nc(-c2ccccc2)nc1-c1ccccc1. The molecular weight excluding hydrogens is 641 g/mol. The second kappa shape index (κ2) is 14.7. The van der Waals surface area contributed by atoms with Crippen LogP contribution in [0.4, 0.5) is 16.2 Å². The van der Waals surface area contributed by atoms with Crippen molar-refractivity contribution in [3.63, 3.8) is 0 Å². The van der Waals surface area contributed by atoms with E-state index in [1.165, 1.54) is 0 Å². The smallest absolute Gasteiger partial charge is 0.304 e. The average molecular weight is 673 g/mol. The molecule has 8 rings (SSSR count). The molecule has 7 heteroatoms. The fourth-order valence-electron chi connectivity index (χ4n) is 6.07. The molecule has 2 heterocycles. The summed E-state index contributed by atoms with van der Waals surface area (Å²) in [7, 11) is 0. The van der Waals surface area contributed by atoms with E-state index in [-0.39, 0.29) is 0 Å². The number of nitrogens with zero attached hydrogens (tertiary/aromatic N) is 4. The monoisotopic (exact) mass is 672 g/mol. The van der Waals surface area contributed by atoms with Crippen molar-refractivity contribution in [2.45, 2.75) is 0 Å². The number of amides is 2. The Morgan fingerprint density at radius 1 is 0.308 bits per heavy atom. The molecule has 0 unspecified atom stereocenters. The van der Waals surface area contributed by atoms with E-state index in [4.69, 9.17) is 19.9 Å². The maximum absolute atomic E-state index is 14.5. The third-order valence-electron chi connectivity index (χ3n) is 8.55. The first-order chi connectivity index (χ1) is 25.7. The van der Waals surface area contributed by atoms with Gasteiger partial charge in [-0.15, -0.1) is 0 Å². The van der Waals surface area contributed by atoms with Crippen LogP contribution in [0.25, 0.3) is 67.8 Å². The van der Waals surface area contributed by atoms with Crippen LogP contribution in [0, 0.1) is 0 Å². The lowest BCUT2D eigenvalue weighted by molar-refractivity contribution is 0.262. The highest BCUT2D eigenvalue weighted by molar-refractivity contribution is 6.08. The molecule has 8 aromatic rings. The molecule has 0 saturated heterocycles. The van der Waals surface area contributed by atoms with E-state index in [0.29, 0.717) is 45.8 Å². The van der Waals surface area contributed by atoms with Crippen molar-refractivity contribution in [3.05, 3.63) is 182 Å². The molecule has 0 aliphatic rings. The van der Waals surface area contributed by atoms with Crippen molar-refractivity contribution < 1.29 is 4.79 Å². The Balaban J connectivity index is 1.30. The second-order valence-corrected chi connectivity index (χ2v) is 12.0. The maximum atomic E-state index is 14.5. The molecule has 0 aliphatic heterocycles. The molecule has 0 radical (unpaired) electrons. The lowest BCUT2D eigenvalue weighted by atomic mass is 10.0. The van der Waals surface area contributed by atoms with Gasteiger partial charge in [0.25, 0.3) is 0 Å². The summed E-state index contributed by atoms with van der Waals surface area (Å²) in [4.78, 5) is 34.7. The van der Waals surface area contributed by atoms with Crippen molar-refractivity contribution in [1.82, 2.24) is 19.9 Å². The molecule has 0 saturated carbocycles. The van der Waals surface area contributed by atoms with Crippen LogP contribution in [-0.2, 0) is 0 Å². The number of benzene rings is 6. The van der Waals surface area contributed by atoms with Crippen LogP contribution in [0.1, 0.15) is 0 Å². The molecule has 2 amide bonds. The number of urea groups is 1. The first-order valence-corrected chi connectivity index (χ1v) is 17.0. The topological polar surface area (TPSA) is 92.7 Å². The molecule has 0 spiro atoms. The van der Waals surface area contributed by atoms with Crippen LogP contribution in [-0.4, -0.2) is 26.0 Å². The van der Waals surface area contributed by atoms with Gasteiger partial charge in [0.1, 0.15) is 0 Å². The Bertz CT molecular complexity index is 2150. The van der Waals surface area contributed by atoms with E-state index in [9.17, 15) is 4.79 Å². The van der Waals surface area contributed by atoms with Crippen molar-refractivity contribution in [2.24, 2.45) is 0 Å². The normalized spacial score (nSPS) is 10.8. The Morgan fingerprint density at radius 3 is 0.750 bits per heavy atom. The Morgan fingerprint density at radius 2 is 0.519 bits per heavy atom. The minimum Gasteiger partial charge on any atom is -0.304 e. The second-order valence-electron chi connectivity index (χ2n) is 12.0. The van der Waals surface area contributed by atoms with E-state index < -0.39 is 6.03 Å². The van der Waals surface area contributed by atoms with Gasteiger partial charge < -0.3 is 10.6 Å². The Kier molecular flexibility index (Phi) is 9.04. The molecule has 2 aromatic heterocycles. The van der Waals surface area contributed by atoms with Crippen molar-refractivity contribution in [2.75, 3.05) is 10.6 Å².